The van der Waals surface area contributed by atoms with Crippen molar-refractivity contribution in [1.82, 2.24) is 5.32 Å². The van der Waals surface area contributed by atoms with Crippen molar-refractivity contribution in [2.24, 2.45) is 5.73 Å². The van der Waals surface area contributed by atoms with Crippen LogP contribution in [0.15, 0.2) is 24.3 Å². The van der Waals surface area contributed by atoms with Gasteiger partial charge in [0.2, 0.25) is 5.91 Å². The number of amides is 1. The lowest BCUT2D eigenvalue weighted by Crippen LogP contribution is -2.42. The summed E-state index contributed by atoms with van der Waals surface area (Å²) in [5, 5.41) is 2.82. The maximum absolute atomic E-state index is 11.9. The molecule has 0 radical (unpaired) electrons. The first-order valence-corrected chi connectivity index (χ1v) is 5.54. The Bertz CT molecular complexity index is 360. The van der Waals surface area contributed by atoms with Crippen molar-refractivity contribution in [3.8, 4) is 0 Å². The van der Waals surface area contributed by atoms with Crippen molar-refractivity contribution < 1.29 is 4.79 Å². The first-order valence-electron chi connectivity index (χ1n) is 5.54. The van der Waals surface area contributed by atoms with Crippen molar-refractivity contribution in [3.63, 3.8) is 0 Å². The number of benzene rings is 1. The van der Waals surface area contributed by atoms with Crippen LogP contribution in [0.2, 0.25) is 0 Å². The molecule has 0 fully saturated rings. The van der Waals surface area contributed by atoms with Gasteiger partial charge in [0.1, 0.15) is 0 Å². The Morgan fingerprint density at radius 2 is 1.82 bits per heavy atom. The Labute approximate surface area is 109 Å². The highest BCUT2D eigenvalue weighted by Crippen LogP contribution is 2.23. The van der Waals surface area contributed by atoms with E-state index in [0.717, 1.165) is 5.56 Å². The molecular formula is C13H21ClN2O. The third-order valence-corrected chi connectivity index (χ3v) is 2.77. The van der Waals surface area contributed by atoms with Gasteiger partial charge in [0.05, 0.1) is 5.41 Å². The lowest BCUT2D eigenvalue weighted by molar-refractivity contribution is -0.125. The van der Waals surface area contributed by atoms with Crippen LogP contribution in [0, 0.1) is 6.92 Å². The molecule has 3 nitrogen and oxygen atoms in total. The molecule has 0 unspecified atom stereocenters. The maximum atomic E-state index is 11.9. The van der Waals surface area contributed by atoms with Gasteiger partial charge < -0.3 is 11.1 Å². The minimum atomic E-state index is -0.511. The second-order valence-electron chi connectivity index (χ2n) is 4.54. The molecule has 17 heavy (non-hydrogen) atoms. The fourth-order valence-corrected chi connectivity index (χ4v) is 1.51. The van der Waals surface area contributed by atoms with E-state index >= 15 is 0 Å². The molecule has 1 aromatic carbocycles. The highest BCUT2D eigenvalue weighted by atomic mass is 35.5. The van der Waals surface area contributed by atoms with E-state index in [9.17, 15) is 4.79 Å². The summed E-state index contributed by atoms with van der Waals surface area (Å²) in [6.45, 7) is 6.86. The molecule has 0 bridgehead atoms. The Hall–Kier alpha value is -1.06. The topological polar surface area (TPSA) is 55.1 Å². The number of carbonyl (C=O) groups excluding carboxylic acids is 1. The summed E-state index contributed by atoms with van der Waals surface area (Å²) in [5.41, 5.74) is 7.07. The van der Waals surface area contributed by atoms with Crippen molar-refractivity contribution in [2.75, 3.05) is 13.1 Å². The third kappa shape index (κ3) is 4.02. The Morgan fingerprint density at radius 1 is 1.29 bits per heavy atom. The molecule has 96 valence electrons. The molecule has 1 aromatic rings. The van der Waals surface area contributed by atoms with Gasteiger partial charge in [-0.05, 0) is 26.3 Å². The number of hydrogen-bond acceptors (Lipinski definition) is 2. The van der Waals surface area contributed by atoms with Crippen LogP contribution in [-0.4, -0.2) is 19.0 Å². The molecule has 0 aliphatic rings. The van der Waals surface area contributed by atoms with E-state index in [-0.39, 0.29) is 18.3 Å². The Morgan fingerprint density at radius 3 is 2.29 bits per heavy atom. The molecule has 0 heterocycles. The molecule has 0 aromatic heterocycles. The zero-order valence-electron chi connectivity index (χ0n) is 10.6. The average molecular weight is 257 g/mol. The minimum absolute atomic E-state index is 0. The zero-order chi connectivity index (χ0) is 12.2. The average Bonchev–Trinajstić information content (AvgIpc) is 2.26. The van der Waals surface area contributed by atoms with Gasteiger partial charge in [-0.2, -0.15) is 0 Å². The summed E-state index contributed by atoms with van der Waals surface area (Å²) in [7, 11) is 0. The van der Waals surface area contributed by atoms with Gasteiger partial charge >= 0.3 is 0 Å². The number of hydrogen-bond donors (Lipinski definition) is 2. The molecule has 0 saturated carbocycles. The summed E-state index contributed by atoms with van der Waals surface area (Å²) >= 11 is 0. The van der Waals surface area contributed by atoms with E-state index in [0.29, 0.717) is 13.1 Å². The number of nitrogens with one attached hydrogen (secondary N) is 1. The number of halogens is 1. The predicted octanol–water partition coefficient (Wildman–Crippen LogP) is 1.77. The molecule has 3 N–H and O–H groups in total. The van der Waals surface area contributed by atoms with Crippen LogP contribution in [0.5, 0.6) is 0 Å². The lowest BCUT2D eigenvalue weighted by atomic mass is 9.83. The molecule has 1 amide bonds. The number of aryl methyl sites for hydroxylation is 1. The Kier molecular flexibility index (Phi) is 6.21. The molecular weight excluding hydrogens is 236 g/mol. The smallest absolute Gasteiger partial charge is 0.230 e. The van der Waals surface area contributed by atoms with Crippen LogP contribution in [0.3, 0.4) is 0 Å². The first-order chi connectivity index (χ1) is 7.48. The second kappa shape index (κ2) is 6.62. The predicted molar refractivity (Wildman–Crippen MR) is 73.5 cm³/mol. The van der Waals surface area contributed by atoms with Crippen LogP contribution in [0.4, 0.5) is 0 Å². The van der Waals surface area contributed by atoms with Gasteiger partial charge in [-0.15, -0.1) is 12.4 Å². The highest BCUT2D eigenvalue weighted by Gasteiger charge is 2.28. The molecule has 0 saturated heterocycles. The number of rotatable bonds is 4. The summed E-state index contributed by atoms with van der Waals surface area (Å²) < 4.78 is 0. The molecule has 0 aliphatic heterocycles. The van der Waals surface area contributed by atoms with Crippen molar-refractivity contribution in [1.29, 1.82) is 0 Å². The fraction of sp³-hybridized carbons (Fsp3) is 0.462. The third-order valence-electron chi connectivity index (χ3n) is 2.77. The van der Waals surface area contributed by atoms with Crippen LogP contribution < -0.4 is 11.1 Å². The van der Waals surface area contributed by atoms with Gasteiger partial charge in [0.15, 0.2) is 0 Å². The lowest BCUT2D eigenvalue weighted by Gasteiger charge is -2.24. The Balaban J connectivity index is 0.00000256. The maximum Gasteiger partial charge on any atom is 0.230 e. The van der Waals surface area contributed by atoms with Crippen molar-refractivity contribution >= 4 is 18.3 Å². The zero-order valence-corrected chi connectivity index (χ0v) is 11.4. The normalized spacial score (nSPS) is 10.6. The fourth-order valence-electron chi connectivity index (χ4n) is 1.51. The van der Waals surface area contributed by atoms with E-state index in [4.69, 9.17) is 5.73 Å². The van der Waals surface area contributed by atoms with E-state index < -0.39 is 5.41 Å². The molecule has 1 rings (SSSR count). The largest absolute Gasteiger partial charge is 0.354 e. The standard InChI is InChI=1S/C13H20N2O.ClH/c1-10-4-6-11(7-5-10)13(2,3)12(16)15-9-8-14;/h4-7H,8-9,14H2,1-3H3,(H,15,16);1H. The van der Waals surface area contributed by atoms with E-state index in [1.54, 1.807) is 0 Å². The number of carbonyl (C=O) groups is 1. The van der Waals surface area contributed by atoms with E-state index in [1.165, 1.54) is 5.56 Å². The minimum Gasteiger partial charge on any atom is -0.354 e. The van der Waals surface area contributed by atoms with Gasteiger partial charge in [0, 0.05) is 13.1 Å². The second-order valence-corrected chi connectivity index (χ2v) is 4.54. The summed E-state index contributed by atoms with van der Waals surface area (Å²) in [6, 6.07) is 8.04. The number of nitrogens with two attached hydrogens (primary N) is 1. The van der Waals surface area contributed by atoms with E-state index in [2.05, 4.69) is 5.32 Å². The first kappa shape index (κ1) is 15.9. The van der Waals surface area contributed by atoms with Crippen molar-refractivity contribution in [2.45, 2.75) is 26.2 Å². The molecule has 0 atom stereocenters. The highest BCUT2D eigenvalue weighted by molar-refractivity contribution is 5.87. The molecule has 0 aliphatic carbocycles. The van der Waals surface area contributed by atoms with Crippen molar-refractivity contribution in [3.05, 3.63) is 35.4 Å². The van der Waals surface area contributed by atoms with Gasteiger partial charge in [-0.1, -0.05) is 29.8 Å². The summed E-state index contributed by atoms with van der Waals surface area (Å²) in [6.07, 6.45) is 0. The van der Waals surface area contributed by atoms with Crippen LogP contribution in [-0.2, 0) is 10.2 Å². The van der Waals surface area contributed by atoms with Crippen LogP contribution >= 0.6 is 12.4 Å². The monoisotopic (exact) mass is 256 g/mol. The van der Waals surface area contributed by atoms with Gasteiger partial charge in [-0.25, -0.2) is 0 Å². The quantitative estimate of drug-likeness (QED) is 0.863. The molecule has 0 spiro atoms. The summed E-state index contributed by atoms with van der Waals surface area (Å²) in [5.74, 6) is 0.0156. The van der Waals surface area contributed by atoms with E-state index in [1.807, 2.05) is 45.0 Å². The molecule has 4 heteroatoms. The van der Waals surface area contributed by atoms with Gasteiger partial charge in [-0.3, -0.25) is 4.79 Å². The van der Waals surface area contributed by atoms with Crippen LogP contribution in [0.25, 0.3) is 0 Å². The SMILES string of the molecule is Cc1ccc(C(C)(C)C(=O)NCCN)cc1.Cl. The van der Waals surface area contributed by atoms with Crippen LogP contribution in [0.1, 0.15) is 25.0 Å². The van der Waals surface area contributed by atoms with Gasteiger partial charge in [0.25, 0.3) is 0 Å². The summed E-state index contributed by atoms with van der Waals surface area (Å²) in [4.78, 5) is 11.9.